The van der Waals surface area contributed by atoms with Gasteiger partial charge in [0.05, 0.1) is 6.54 Å². The molecule has 1 aromatic carbocycles. The Balaban J connectivity index is 2.20. The van der Waals surface area contributed by atoms with Crippen molar-refractivity contribution in [3.05, 3.63) is 34.4 Å². The summed E-state index contributed by atoms with van der Waals surface area (Å²) in [5.41, 5.74) is 1.74. The Kier molecular flexibility index (Phi) is 3.10. The first-order valence-corrected chi connectivity index (χ1v) is 6.49. The van der Waals surface area contributed by atoms with Crippen LogP contribution >= 0.6 is 0 Å². The number of H-pyrrole nitrogens is 1. The highest BCUT2D eigenvalue weighted by molar-refractivity contribution is 6.33. The lowest BCUT2D eigenvalue weighted by atomic mass is 9.95. The van der Waals surface area contributed by atoms with Gasteiger partial charge < -0.3 is 14.7 Å². The van der Waals surface area contributed by atoms with Crippen molar-refractivity contribution in [2.75, 3.05) is 0 Å². The second kappa shape index (κ2) is 4.79. The summed E-state index contributed by atoms with van der Waals surface area (Å²) in [7, 11) is 5.78. The van der Waals surface area contributed by atoms with Crippen LogP contribution in [0.5, 0.6) is 0 Å². The Morgan fingerprint density at radius 2 is 2.25 bits per heavy atom. The van der Waals surface area contributed by atoms with E-state index in [1.807, 2.05) is 13.8 Å². The van der Waals surface area contributed by atoms with Crippen LogP contribution in [0.1, 0.15) is 19.7 Å². The minimum absolute atomic E-state index is 0.235. The standard InChI is InChI=1S/C14H14BN3O2/c1-7(2)16-6-11-17-12-9-5-8(15)3-4-10(9)20-13(12)14(19)18-11/h3-5,7,16H,6H2,1-2H3,(H,17,18,19). The molecule has 2 heterocycles. The molecule has 0 atom stereocenters. The monoisotopic (exact) mass is 267 g/mol. The molecule has 0 saturated carbocycles. The number of hydrogen-bond acceptors (Lipinski definition) is 4. The number of aromatic amines is 1. The third kappa shape index (κ3) is 2.23. The normalized spacial score (nSPS) is 11.8. The molecule has 0 aliphatic carbocycles. The Hall–Kier alpha value is -2.08. The van der Waals surface area contributed by atoms with Gasteiger partial charge in [-0.3, -0.25) is 4.79 Å². The predicted octanol–water partition coefficient (Wildman–Crippen LogP) is 0.961. The largest absolute Gasteiger partial charge is 0.449 e. The van der Waals surface area contributed by atoms with Crippen LogP contribution in [-0.2, 0) is 6.54 Å². The molecule has 2 N–H and O–H groups in total. The second-order valence-corrected chi connectivity index (χ2v) is 5.08. The second-order valence-electron chi connectivity index (χ2n) is 5.08. The first-order valence-electron chi connectivity index (χ1n) is 6.49. The first-order chi connectivity index (χ1) is 9.54. The number of aromatic nitrogens is 2. The van der Waals surface area contributed by atoms with Crippen LogP contribution in [0, 0.1) is 0 Å². The fourth-order valence-corrected chi connectivity index (χ4v) is 2.10. The minimum atomic E-state index is -0.273. The number of benzene rings is 1. The molecule has 2 aromatic heterocycles. The number of fused-ring (bicyclic) bond motifs is 3. The van der Waals surface area contributed by atoms with Crippen LogP contribution in [0.4, 0.5) is 0 Å². The Bertz CT molecular complexity index is 835. The summed E-state index contributed by atoms with van der Waals surface area (Å²) in [6, 6.07) is 5.57. The van der Waals surface area contributed by atoms with Gasteiger partial charge in [-0.15, -0.1) is 0 Å². The number of nitrogens with zero attached hydrogens (tertiary/aromatic N) is 1. The minimum Gasteiger partial charge on any atom is -0.449 e. The lowest BCUT2D eigenvalue weighted by Gasteiger charge is -2.06. The van der Waals surface area contributed by atoms with E-state index < -0.39 is 0 Å². The van der Waals surface area contributed by atoms with Crippen molar-refractivity contribution in [3.63, 3.8) is 0 Å². The van der Waals surface area contributed by atoms with Crippen molar-refractivity contribution in [3.8, 4) is 0 Å². The number of rotatable bonds is 3. The summed E-state index contributed by atoms with van der Waals surface area (Å²) in [6.07, 6.45) is 0. The molecule has 3 aromatic rings. The average molecular weight is 267 g/mol. The van der Waals surface area contributed by atoms with Gasteiger partial charge in [0.2, 0.25) is 5.58 Å². The summed E-state index contributed by atoms with van der Waals surface area (Å²) in [5, 5.41) is 3.98. The van der Waals surface area contributed by atoms with Gasteiger partial charge >= 0.3 is 0 Å². The molecule has 5 nitrogen and oxygen atoms in total. The Morgan fingerprint density at radius 1 is 1.45 bits per heavy atom. The van der Waals surface area contributed by atoms with Gasteiger partial charge in [0.1, 0.15) is 24.8 Å². The van der Waals surface area contributed by atoms with E-state index in [1.54, 1.807) is 18.2 Å². The third-order valence-electron chi connectivity index (χ3n) is 3.07. The van der Waals surface area contributed by atoms with Crippen molar-refractivity contribution >= 4 is 35.4 Å². The summed E-state index contributed by atoms with van der Waals surface area (Å²) in [4.78, 5) is 19.2. The first kappa shape index (κ1) is 12.9. The molecule has 0 amide bonds. The van der Waals surface area contributed by atoms with Crippen molar-refractivity contribution in [2.24, 2.45) is 0 Å². The smallest absolute Gasteiger partial charge is 0.294 e. The van der Waals surface area contributed by atoms with E-state index in [4.69, 9.17) is 12.3 Å². The van der Waals surface area contributed by atoms with Gasteiger partial charge in [-0.1, -0.05) is 31.4 Å². The van der Waals surface area contributed by atoms with Crippen molar-refractivity contribution in [1.82, 2.24) is 15.3 Å². The molecule has 0 aliphatic rings. The summed E-state index contributed by atoms with van der Waals surface area (Å²) < 4.78 is 5.54. The van der Waals surface area contributed by atoms with Crippen LogP contribution in [0.2, 0.25) is 0 Å². The highest BCUT2D eigenvalue weighted by Gasteiger charge is 2.13. The van der Waals surface area contributed by atoms with Crippen molar-refractivity contribution in [1.29, 1.82) is 0 Å². The highest BCUT2D eigenvalue weighted by Crippen LogP contribution is 2.23. The van der Waals surface area contributed by atoms with Gasteiger partial charge in [0.15, 0.2) is 0 Å². The SMILES string of the molecule is [B]c1ccc2oc3c(=O)[nH]c(CNC(C)C)nc3c2c1. The predicted molar refractivity (Wildman–Crippen MR) is 79.5 cm³/mol. The van der Waals surface area contributed by atoms with Crippen LogP contribution in [0.25, 0.3) is 22.1 Å². The van der Waals surface area contributed by atoms with Gasteiger partial charge in [0.25, 0.3) is 5.56 Å². The fourth-order valence-electron chi connectivity index (χ4n) is 2.10. The van der Waals surface area contributed by atoms with Crippen LogP contribution in [-0.4, -0.2) is 23.9 Å². The van der Waals surface area contributed by atoms with Crippen LogP contribution in [0.15, 0.2) is 27.4 Å². The van der Waals surface area contributed by atoms with Gasteiger partial charge in [-0.25, -0.2) is 4.98 Å². The van der Waals surface area contributed by atoms with E-state index in [9.17, 15) is 4.79 Å². The maximum absolute atomic E-state index is 12.1. The molecule has 0 unspecified atom stereocenters. The lowest BCUT2D eigenvalue weighted by molar-refractivity contribution is 0.571. The highest BCUT2D eigenvalue weighted by atomic mass is 16.3. The summed E-state index contributed by atoms with van der Waals surface area (Å²) >= 11 is 0. The van der Waals surface area contributed by atoms with Gasteiger partial charge in [-0.05, 0) is 6.07 Å². The molecule has 0 fully saturated rings. The topological polar surface area (TPSA) is 70.9 Å². The van der Waals surface area contributed by atoms with E-state index in [-0.39, 0.29) is 11.1 Å². The zero-order valence-electron chi connectivity index (χ0n) is 11.4. The molecule has 20 heavy (non-hydrogen) atoms. The maximum atomic E-state index is 12.1. The van der Waals surface area contributed by atoms with Gasteiger partial charge in [-0.2, -0.15) is 0 Å². The molecular weight excluding hydrogens is 253 g/mol. The molecule has 0 spiro atoms. The lowest BCUT2D eigenvalue weighted by Crippen LogP contribution is -2.24. The van der Waals surface area contributed by atoms with Crippen LogP contribution < -0.4 is 16.3 Å². The number of nitrogens with one attached hydrogen (secondary N) is 2. The molecule has 100 valence electrons. The van der Waals surface area contributed by atoms with Crippen LogP contribution in [0.3, 0.4) is 0 Å². The zero-order chi connectivity index (χ0) is 14.3. The molecule has 3 rings (SSSR count). The summed E-state index contributed by atoms with van der Waals surface area (Å²) in [6.45, 7) is 4.56. The van der Waals surface area contributed by atoms with E-state index >= 15 is 0 Å². The number of furan rings is 1. The van der Waals surface area contributed by atoms with E-state index in [0.717, 1.165) is 5.39 Å². The molecule has 2 radical (unpaired) electrons. The van der Waals surface area contributed by atoms with Crippen molar-refractivity contribution < 1.29 is 4.42 Å². The molecule has 0 saturated heterocycles. The molecule has 6 heteroatoms. The fraction of sp³-hybridized carbons (Fsp3) is 0.286. The third-order valence-corrected chi connectivity index (χ3v) is 3.07. The Morgan fingerprint density at radius 3 is 3.00 bits per heavy atom. The maximum Gasteiger partial charge on any atom is 0.294 e. The molecule has 0 bridgehead atoms. The average Bonchev–Trinajstić information content (AvgIpc) is 2.75. The zero-order valence-corrected chi connectivity index (χ0v) is 11.4. The summed E-state index contributed by atoms with van der Waals surface area (Å²) in [5.74, 6) is 0.585. The molecule has 0 aliphatic heterocycles. The Labute approximate surface area is 116 Å². The van der Waals surface area contributed by atoms with E-state index in [2.05, 4.69) is 15.3 Å². The van der Waals surface area contributed by atoms with E-state index in [1.165, 1.54) is 0 Å². The molecular formula is C14H14BN3O2. The number of hydrogen-bond donors (Lipinski definition) is 2. The van der Waals surface area contributed by atoms with Crippen molar-refractivity contribution in [2.45, 2.75) is 26.4 Å². The van der Waals surface area contributed by atoms with E-state index in [0.29, 0.717) is 35.0 Å². The van der Waals surface area contributed by atoms with Gasteiger partial charge in [0, 0.05) is 11.4 Å². The quantitative estimate of drug-likeness (QED) is 0.693.